The molecule has 2 rings (SSSR count). The highest BCUT2D eigenvalue weighted by Gasteiger charge is 2.21. The Morgan fingerprint density at radius 1 is 1.35 bits per heavy atom. The Labute approximate surface area is 141 Å². The molecule has 6 heteroatoms. The van der Waals surface area contributed by atoms with Gasteiger partial charge >= 0.3 is 0 Å². The highest BCUT2D eigenvalue weighted by Crippen LogP contribution is 2.29. The average molecular weight is 423 g/mol. The number of hydrogen-bond acceptors (Lipinski definition) is 1. The van der Waals surface area contributed by atoms with Gasteiger partial charge in [0.05, 0.1) is 6.04 Å². The van der Waals surface area contributed by atoms with E-state index in [-0.39, 0.29) is 11.9 Å². The lowest BCUT2D eigenvalue weighted by Gasteiger charge is -2.25. The van der Waals surface area contributed by atoms with Crippen LogP contribution in [0.1, 0.15) is 29.0 Å². The van der Waals surface area contributed by atoms with Gasteiger partial charge in [0.2, 0.25) is 0 Å². The molecule has 0 saturated carbocycles. The van der Waals surface area contributed by atoms with E-state index in [1.807, 2.05) is 19.1 Å². The second-order valence-corrected chi connectivity index (χ2v) is 6.58. The van der Waals surface area contributed by atoms with Crippen LogP contribution in [-0.4, -0.2) is 22.8 Å². The van der Waals surface area contributed by atoms with E-state index in [0.717, 1.165) is 9.13 Å². The van der Waals surface area contributed by atoms with Gasteiger partial charge in [-0.1, -0.05) is 29.3 Å². The number of H-pyrrole nitrogens is 1. The van der Waals surface area contributed by atoms with Gasteiger partial charge in [-0.05, 0) is 53.3 Å². The molecule has 20 heavy (non-hydrogen) atoms. The third-order valence-electron chi connectivity index (χ3n) is 3.19. The molecule has 0 saturated heterocycles. The predicted molar refractivity (Wildman–Crippen MR) is 90.5 cm³/mol. The summed E-state index contributed by atoms with van der Waals surface area (Å²) >= 11 is 14.2. The number of amides is 1. The molecule has 1 atom stereocenters. The first-order valence-electron chi connectivity index (χ1n) is 5.96. The summed E-state index contributed by atoms with van der Waals surface area (Å²) in [7, 11) is 1.76. The number of carbonyl (C=O) groups excluding carboxylic acids is 1. The van der Waals surface area contributed by atoms with Crippen molar-refractivity contribution in [3.8, 4) is 0 Å². The van der Waals surface area contributed by atoms with Gasteiger partial charge in [-0.3, -0.25) is 4.79 Å². The lowest BCUT2D eigenvalue weighted by molar-refractivity contribution is 0.0737. The van der Waals surface area contributed by atoms with Crippen LogP contribution in [0.25, 0.3) is 0 Å². The van der Waals surface area contributed by atoms with Crippen molar-refractivity contribution in [2.45, 2.75) is 13.0 Å². The minimum absolute atomic E-state index is 0.0774. The SMILES string of the molecule is CC(c1ccc(Cl)cc1Cl)N(C)C(=O)c1cc(I)c[nH]1. The summed E-state index contributed by atoms with van der Waals surface area (Å²) in [5.41, 5.74) is 1.43. The number of carbonyl (C=O) groups is 1. The molecule has 1 unspecified atom stereocenters. The molecule has 1 heterocycles. The molecule has 1 amide bonds. The van der Waals surface area contributed by atoms with Crippen molar-refractivity contribution in [2.24, 2.45) is 0 Å². The molecule has 2 aromatic rings. The molecular weight excluding hydrogens is 410 g/mol. The van der Waals surface area contributed by atoms with Crippen molar-refractivity contribution >= 4 is 51.7 Å². The Hall–Kier alpha value is -0.720. The van der Waals surface area contributed by atoms with Gasteiger partial charge in [0.15, 0.2) is 0 Å². The van der Waals surface area contributed by atoms with Crippen molar-refractivity contribution in [3.63, 3.8) is 0 Å². The summed E-state index contributed by atoms with van der Waals surface area (Å²) in [6.45, 7) is 1.93. The molecule has 0 spiro atoms. The van der Waals surface area contributed by atoms with E-state index in [9.17, 15) is 4.79 Å². The lowest BCUT2D eigenvalue weighted by atomic mass is 10.1. The second kappa shape index (κ2) is 6.37. The smallest absolute Gasteiger partial charge is 0.270 e. The number of aromatic amines is 1. The molecule has 0 bridgehead atoms. The molecule has 106 valence electrons. The van der Waals surface area contributed by atoms with Crippen LogP contribution in [0.4, 0.5) is 0 Å². The number of benzene rings is 1. The van der Waals surface area contributed by atoms with Crippen molar-refractivity contribution < 1.29 is 4.79 Å². The first-order chi connectivity index (χ1) is 9.40. The second-order valence-electron chi connectivity index (χ2n) is 4.49. The number of nitrogens with one attached hydrogen (secondary N) is 1. The Morgan fingerprint density at radius 2 is 2.05 bits per heavy atom. The zero-order chi connectivity index (χ0) is 14.9. The molecular formula is C14H13Cl2IN2O. The summed E-state index contributed by atoms with van der Waals surface area (Å²) in [4.78, 5) is 17.0. The van der Waals surface area contributed by atoms with E-state index in [1.165, 1.54) is 0 Å². The van der Waals surface area contributed by atoms with Gasteiger partial charge < -0.3 is 9.88 Å². The molecule has 0 aliphatic carbocycles. The number of aromatic nitrogens is 1. The minimum Gasteiger partial charge on any atom is -0.356 e. The maximum Gasteiger partial charge on any atom is 0.270 e. The standard InChI is InChI=1S/C14H13Cl2IN2O/c1-8(11-4-3-9(15)5-12(11)16)19(2)14(20)13-6-10(17)7-18-13/h3-8,18H,1-2H3. The molecule has 0 fully saturated rings. The number of hydrogen-bond donors (Lipinski definition) is 1. The van der Waals surface area contributed by atoms with Crippen LogP contribution in [-0.2, 0) is 0 Å². The van der Waals surface area contributed by atoms with Gasteiger partial charge in [0.25, 0.3) is 5.91 Å². The van der Waals surface area contributed by atoms with Crippen LogP contribution in [0.5, 0.6) is 0 Å². The van der Waals surface area contributed by atoms with Gasteiger partial charge in [-0.2, -0.15) is 0 Å². The highest BCUT2D eigenvalue weighted by molar-refractivity contribution is 14.1. The van der Waals surface area contributed by atoms with E-state index in [2.05, 4.69) is 27.6 Å². The molecule has 1 aromatic carbocycles. The van der Waals surface area contributed by atoms with E-state index in [0.29, 0.717) is 15.7 Å². The summed E-state index contributed by atoms with van der Waals surface area (Å²) in [5.74, 6) is -0.0774. The Bertz CT molecular complexity index is 642. The van der Waals surface area contributed by atoms with Gasteiger partial charge in [0.1, 0.15) is 5.69 Å². The van der Waals surface area contributed by atoms with Crippen molar-refractivity contribution in [2.75, 3.05) is 7.05 Å². The Morgan fingerprint density at radius 3 is 2.60 bits per heavy atom. The molecule has 0 aliphatic rings. The van der Waals surface area contributed by atoms with E-state index < -0.39 is 0 Å². The minimum atomic E-state index is -0.145. The third kappa shape index (κ3) is 3.30. The van der Waals surface area contributed by atoms with Gasteiger partial charge in [0, 0.05) is 26.9 Å². The monoisotopic (exact) mass is 422 g/mol. The van der Waals surface area contributed by atoms with E-state index >= 15 is 0 Å². The third-order valence-corrected chi connectivity index (χ3v) is 4.38. The van der Waals surface area contributed by atoms with Crippen LogP contribution < -0.4 is 0 Å². The van der Waals surface area contributed by atoms with Crippen LogP contribution in [0.3, 0.4) is 0 Å². The normalized spacial score (nSPS) is 12.2. The number of halogens is 3. The zero-order valence-electron chi connectivity index (χ0n) is 11.0. The number of nitrogens with zero attached hydrogens (tertiary/aromatic N) is 1. The van der Waals surface area contributed by atoms with Gasteiger partial charge in [-0.25, -0.2) is 0 Å². The fourth-order valence-electron chi connectivity index (χ4n) is 1.91. The molecule has 1 N–H and O–H groups in total. The first-order valence-corrected chi connectivity index (χ1v) is 7.79. The van der Waals surface area contributed by atoms with Gasteiger partial charge in [-0.15, -0.1) is 0 Å². The zero-order valence-corrected chi connectivity index (χ0v) is 14.6. The topological polar surface area (TPSA) is 36.1 Å². The van der Waals surface area contributed by atoms with Crippen molar-refractivity contribution in [1.82, 2.24) is 9.88 Å². The quantitative estimate of drug-likeness (QED) is 0.711. The van der Waals surface area contributed by atoms with Crippen LogP contribution >= 0.6 is 45.8 Å². The van der Waals surface area contributed by atoms with Crippen molar-refractivity contribution in [3.05, 3.63) is 55.3 Å². The number of rotatable bonds is 3. The molecule has 0 radical (unpaired) electrons. The summed E-state index contributed by atoms with van der Waals surface area (Å²) in [5, 5.41) is 1.14. The summed E-state index contributed by atoms with van der Waals surface area (Å²) in [6, 6.07) is 6.97. The fourth-order valence-corrected chi connectivity index (χ4v) is 2.94. The maximum atomic E-state index is 12.4. The largest absolute Gasteiger partial charge is 0.356 e. The Balaban J connectivity index is 2.24. The average Bonchev–Trinajstić information content (AvgIpc) is 2.83. The first kappa shape index (κ1) is 15.7. The van der Waals surface area contributed by atoms with E-state index in [4.69, 9.17) is 23.2 Å². The highest BCUT2D eigenvalue weighted by atomic mass is 127. The van der Waals surface area contributed by atoms with Crippen LogP contribution in [0, 0.1) is 3.57 Å². The predicted octanol–water partition coefficient (Wildman–Crippen LogP) is 4.76. The van der Waals surface area contributed by atoms with Crippen molar-refractivity contribution in [1.29, 1.82) is 0 Å². The summed E-state index contributed by atoms with van der Waals surface area (Å²) < 4.78 is 0.997. The van der Waals surface area contributed by atoms with Crippen LogP contribution in [0.2, 0.25) is 10.0 Å². The fraction of sp³-hybridized carbons (Fsp3) is 0.214. The molecule has 3 nitrogen and oxygen atoms in total. The lowest BCUT2D eigenvalue weighted by Crippen LogP contribution is -2.30. The molecule has 0 aliphatic heterocycles. The Kier molecular flexibility index (Phi) is 4.99. The van der Waals surface area contributed by atoms with E-state index in [1.54, 1.807) is 30.3 Å². The molecule has 1 aromatic heterocycles. The van der Waals surface area contributed by atoms with Crippen LogP contribution in [0.15, 0.2) is 30.5 Å². The maximum absolute atomic E-state index is 12.4. The summed E-state index contributed by atoms with van der Waals surface area (Å²) in [6.07, 6.45) is 1.79.